The third-order valence-corrected chi connectivity index (χ3v) is 6.74. The van der Waals surface area contributed by atoms with Crippen molar-refractivity contribution in [3.05, 3.63) is 73.3 Å². The second kappa shape index (κ2) is 10.8. The van der Waals surface area contributed by atoms with Crippen molar-refractivity contribution in [1.29, 1.82) is 0 Å². The molecule has 9 rings (SSSR count). The van der Waals surface area contributed by atoms with Crippen molar-refractivity contribution in [2.75, 3.05) is 0 Å². The Hall–Kier alpha value is -4.84. The predicted octanol–water partition coefficient (Wildman–Crippen LogP) is 3.58. The van der Waals surface area contributed by atoms with Crippen molar-refractivity contribution in [2.45, 2.75) is 0 Å². The topological polar surface area (TPSA) is 174 Å². The Kier molecular flexibility index (Phi) is 6.77. The van der Waals surface area contributed by atoms with Crippen molar-refractivity contribution < 1.29 is 44.8 Å². The van der Waals surface area contributed by atoms with Crippen LogP contribution in [0.25, 0.3) is 90.2 Å². The van der Waals surface area contributed by atoms with Gasteiger partial charge in [-0.05, 0) is 36.4 Å². The summed E-state index contributed by atoms with van der Waals surface area (Å²) >= 11 is 0.750. The van der Waals surface area contributed by atoms with E-state index < -0.39 is 0 Å². The van der Waals surface area contributed by atoms with Gasteiger partial charge in [-0.25, -0.2) is 9.97 Å². The van der Waals surface area contributed by atoms with Crippen LogP contribution in [-0.2, 0) is 44.8 Å². The third-order valence-electron chi connectivity index (χ3n) is 6.74. The first-order chi connectivity index (χ1) is 20.8. The van der Waals surface area contributed by atoms with Crippen LogP contribution in [0.3, 0.4) is 0 Å². The maximum Gasteiger partial charge on any atom is 0.111 e. The van der Waals surface area contributed by atoms with Crippen molar-refractivity contribution >= 4 is 44.4 Å². The minimum absolute atomic E-state index is 0. The number of pyridine rings is 4. The molecule has 0 atom stereocenters. The van der Waals surface area contributed by atoms with E-state index in [2.05, 4.69) is 19.9 Å². The van der Waals surface area contributed by atoms with Crippen LogP contribution in [0.4, 0.5) is 0 Å². The number of hydrogen-bond donors (Lipinski definition) is 0. The van der Waals surface area contributed by atoms with E-state index in [1.165, 1.54) is 0 Å². The van der Waals surface area contributed by atoms with Gasteiger partial charge in [0.05, 0.1) is 22.7 Å². The number of aromatic nitrogens is 12. The van der Waals surface area contributed by atoms with E-state index in [-0.39, 0.29) is 21.1 Å². The van der Waals surface area contributed by atoms with Gasteiger partial charge in [0.25, 0.3) is 0 Å². The largest absolute Gasteiger partial charge is 0.356 e. The molecule has 2 aliphatic heterocycles. The fourth-order valence-corrected chi connectivity index (χ4v) is 4.96. The SMILES string of the molecule is [O]=[Ti+2].[W].c1cnc2c(c1)-c1nc-2nc2[n-]c(nc3nc(nc4[n-]c(n1)c1ncccc41)-c1ncccc1-3)c1ncccc21. The van der Waals surface area contributed by atoms with Gasteiger partial charge in [0, 0.05) is 90.3 Å². The molecule has 0 radical (unpaired) electrons. The summed E-state index contributed by atoms with van der Waals surface area (Å²) in [5.74, 6) is 1.61. The zero-order valence-electron chi connectivity index (χ0n) is 21.6. The molecular formula is C28H12N12OTiW. The van der Waals surface area contributed by atoms with Gasteiger partial charge in [-0.3, -0.25) is 19.9 Å². The predicted molar refractivity (Wildman–Crippen MR) is 146 cm³/mol. The summed E-state index contributed by atoms with van der Waals surface area (Å²) < 4.78 is 8.25. The molecule has 0 N–H and O–H groups in total. The molecule has 200 valence electrons. The molecule has 0 saturated heterocycles. The summed E-state index contributed by atoms with van der Waals surface area (Å²) in [4.78, 5) is 56.5. The first kappa shape index (κ1) is 27.0. The second-order valence-corrected chi connectivity index (χ2v) is 9.08. The molecule has 0 unspecified atom stereocenters. The average Bonchev–Trinajstić information content (AvgIpc) is 3.78. The molecule has 7 aromatic heterocycles. The van der Waals surface area contributed by atoms with Crippen LogP contribution in [-0.4, -0.2) is 49.8 Å². The van der Waals surface area contributed by atoms with E-state index in [1.54, 1.807) is 24.8 Å². The average molecular weight is 764 g/mol. The normalized spacial score (nSPS) is 11.3. The van der Waals surface area contributed by atoms with E-state index in [0.29, 0.717) is 68.3 Å². The van der Waals surface area contributed by atoms with Crippen LogP contribution in [0.2, 0.25) is 0 Å². The van der Waals surface area contributed by atoms with Crippen molar-refractivity contribution in [1.82, 2.24) is 59.8 Å². The Bertz CT molecular complexity index is 2070. The zero-order chi connectivity index (χ0) is 28.2. The van der Waals surface area contributed by atoms with Crippen LogP contribution in [0, 0.1) is 0 Å². The summed E-state index contributed by atoms with van der Waals surface area (Å²) in [6.07, 6.45) is 6.78. The number of nitrogens with zero attached hydrogens (tertiary/aromatic N) is 12. The Morgan fingerprint density at radius 2 is 0.860 bits per heavy atom. The van der Waals surface area contributed by atoms with E-state index in [0.717, 1.165) is 42.3 Å². The van der Waals surface area contributed by atoms with Crippen molar-refractivity contribution in [3.63, 3.8) is 0 Å². The molecule has 2 aliphatic rings. The zero-order valence-corrected chi connectivity index (χ0v) is 26.1. The van der Waals surface area contributed by atoms with E-state index in [9.17, 15) is 0 Å². The molecule has 8 bridgehead atoms. The molecule has 9 heterocycles. The van der Waals surface area contributed by atoms with Gasteiger partial charge < -0.3 is 29.9 Å². The molecule has 13 nitrogen and oxygen atoms in total. The van der Waals surface area contributed by atoms with Crippen LogP contribution in [0.1, 0.15) is 0 Å². The minimum atomic E-state index is 0. The molecule has 0 amide bonds. The van der Waals surface area contributed by atoms with Gasteiger partial charge in [0.2, 0.25) is 0 Å². The van der Waals surface area contributed by atoms with Crippen LogP contribution >= 0.6 is 0 Å². The summed E-state index contributed by atoms with van der Waals surface area (Å²) in [5.41, 5.74) is 5.44. The van der Waals surface area contributed by atoms with E-state index in [4.69, 9.17) is 43.2 Å². The maximum atomic E-state index is 8.25. The van der Waals surface area contributed by atoms with Crippen LogP contribution in [0.5, 0.6) is 0 Å². The molecule has 7 aromatic rings. The Labute approximate surface area is 266 Å². The fraction of sp³-hybridized carbons (Fsp3) is 0. The smallest absolute Gasteiger partial charge is 0.111 e. The first-order valence-electron chi connectivity index (χ1n) is 12.5. The Morgan fingerprint density at radius 1 is 0.465 bits per heavy atom. The van der Waals surface area contributed by atoms with E-state index in [1.807, 2.05) is 48.5 Å². The summed E-state index contributed by atoms with van der Waals surface area (Å²) in [5, 5.41) is 1.46. The van der Waals surface area contributed by atoms with Crippen molar-refractivity contribution in [2.24, 2.45) is 0 Å². The summed E-state index contributed by atoms with van der Waals surface area (Å²) in [7, 11) is 0. The molecule has 0 spiro atoms. The van der Waals surface area contributed by atoms with Gasteiger partial charge >= 0.3 is 23.7 Å². The summed E-state index contributed by atoms with van der Waals surface area (Å²) in [6, 6.07) is 14.9. The third kappa shape index (κ3) is 4.32. The van der Waals surface area contributed by atoms with E-state index >= 15 is 0 Å². The summed E-state index contributed by atoms with van der Waals surface area (Å²) in [6.45, 7) is 0. The second-order valence-electron chi connectivity index (χ2n) is 9.08. The number of hydrogen-bond acceptors (Lipinski definition) is 11. The van der Waals surface area contributed by atoms with Crippen molar-refractivity contribution in [3.8, 4) is 45.8 Å². The maximum absolute atomic E-state index is 8.25. The van der Waals surface area contributed by atoms with Gasteiger partial charge in [-0.1, -0.05) is 12.1 Å². The van der Waals surface area contributed by atoms with Gasteiger partial charge in [-0.15, -0.1) is 0 Å². The molecule has 15 heteroatoms. The molecule has 0 aliphatic carbocycles. The fourth-order valence-electron chi connectivity index (χ4n) is 4.96. The molecule has 0 saturated carbocycles. The Balaban J connectivity index is 0.000000981. The van der Waals surface area contributed by atoms with Gasteiger partial charge in [0.1, 0.15) is 23.0 Å². The van der Waals surface area contributed by atoms with Crippen LogP contribution in [0.15, 0.2) is 73.3 Å². The monoisotopic (exact) mass is 764 g/mol. The van der Waals surface area contributed by atoms with Crippen LogP contribution < -0.4 is 9.97 Å². The molecule has 0 aromatic carbocycles. The molecule has 43 heavy (non-hydrogen) atoms. The Morgan fingerprint density at radius 3 is 1.33 bits per heavy atom. The minimum Gasteiger partial charge on any atom is -0.356 e. The standard InChI is InChI=1S/C28H12N12.O.Ti.W/c1-5-13-17(29-9-1)25-33-21(13)37-26-18-14(6-2-10-30-18)23(34-26)39-28-20-16(8-4-12-32-20)24(36-28)40-27-19-15(7-3-11-31-19)22(35-27)38-25;;;/h1-12H;;;/q-2;;+2;. The molecule has 0 fully saturated rings. The van der Waals surface area contributed by atoms with Gasteiger partial charge in [0.15, 0.2) is 0 Å². The van der Waals surface area contributed by atoms with Gasteiger partial charge in [-0.2, -0.15) is 0 Å². The molecular weight excluding hydrogens is 752 g/mol. The number of rotatable bonds is 0. The number of fused-ring (bicyclic) bond motifs is 20. The quantitative estimate of drug-likeness (QED) is 0.205. The first-order valence-corrected chi connectivity index (χ1v) is 13.2.